The van der Waals surface area contributed by atoms with Gasteiger partial charge in [-0.2, -0.15) is 0 Å². The zero-order valence-corrected chi connectivity index (χ0v) is 13.1. The average Bonchev–Trinajstić information content (AvgIpc) is 2.97. The largest absolute Gasteiger partial charge is 0.496 e. The maximum Gasteiger partial charge on any atom is 0.342 e. The first-order valence-corrected chi connectivity index (χ1v) is 7.69. The highest BCUT2D eigenvalue weighted by molar-refractivity contribution is 8.04. The minimum Gasteiger partial charge on any atom is -0.496 e. The SMILES string of the molecule is COc1ccccc1/C=C(\Sc1nc2ccccc2[nH]1)C(=O)O. The van der Waals surface area contributed by atoms with Gasteiger partial charge in [0, 0.05) is 5.56 Å². The Bertz CT molecular complexity index is 853. The summed E-state index contributed by atoms with van der Waals surface area (Å²) in [6, 6.07) is 14.8. The summed E-state index contributed by atoms with van der Waals surface area (Å²) in [6.07, 6.45) is 1.58. The number of aliphatic carboxylic acids is 1. The van der Waals surface area contributed by atoms with Gasteiger partial charge in [-0.1, -0.05) is 30.3 Å². The van der Waals surface area contributed by atoms with Gasteiger partial charge in [0.25, 0.3) is 0 Å². The molecule has 2 aromatic carbocycles. The van der Waals surface area contributed by atoms with E-state index < -0.39 is 5.97 Å². The second-order valence-electron chi connectivity index (χ2n) is 4.72. The topological polar surface area (TPSA) is 75.2 Å². The Labute approximate surface area is 137 Å². The van der Waals surface area contributed by atoms with Crippen LogP contribution in [0, 0.1) is 0 Å². The Kier molecular flexibility index (Phi) is 4.34. The number of para-hydroxylation sites is 3. The van der Waals surface area contributed by atoms with Gasteiger partial charge in [0.1, 0.15) is 10.7 Å². The monoisotopic (exact) mass is 326 g/mol. The minimum absolute atomic E-state index is 0.161. The van der Waals surface area contributed by atoms with Crippen molar-refractivity contribution in [1.82, 2.24) is 9.97 Å². The summed E-state index contributed by atoms with van der Waals surface area (Å²) in [5.74, 6) is -0.391. The van der Waals surface area contributed by atoms with Crippen molar-refractivity contribution in [3.63, 3.8) is 0 Å². The van der Waals surface area contributed by atoms with Gasteiger partial charge in [-0.15, -0.1) is 0 Å². The van der Waals surface area contributed by atoms with E-state index >= 15 is 0 Å². The number of ether oxygens (including phenoxy) is 1. The molecule has 0 unspecified atom stereocenters. The summed E-state index contributed by atoms with van der Waals surface area (Å²) in [4.78, 5) is 19.2. The number of carboxylic acid groups (broad SMARTS) is 1. The second-order valence-corrected chi connectivity index (χ2v) is 5.75. The molecule has 0 aliphatic carbocycles. The standard InChI is InChI=1S/C17H14N2O3S/c1-22-14-9-5-2-6-11(14)10-15(16(20)21)23-17-18-12-7-3-4-8-13(12)19-17/h2-10H,1H3,(H,18,19)(H,20,21)/b15-10-. The van der Waals surface area contributed by atoms with Crippen molar-refractivity contribution in [3.05, 3.63) is 59.0 Å². The zero-order valence-electron chi connectivity index (χ0n) is 12.3. The van der Waals surface area contributed by atoms with E-state index in [0.717, 1.165) is 22.8 Å². The highest BCUT2D eigenvalue weighted by atomic mass is 32.2. The van der Waals surface area contributed by atoms with Crippen molar-refractivity contribution < 1.29 is 14.6 Å². The predicted molar refractivity (Wildman–Crippen MR) is 90.6 cm³/mol. The van der Waals surface area contributed by atoms with Crippen LogP contribution in [0.2, 0.25) is 0 Å². The van der Waals surface area contributed by atoms with Gasteiger partial charge in [0.2, 0.25) is 0 Å². The lowest BCUT2D eigenvalue weighted by Gasteiger charge is -2.05. The fraction of sp³-hybridized carbons (Fsp3) is 0.0588. The molecule has 0 fully saturated rings. The molecule has 0 atom stereocenters. The molecule has 0 saturated carbocycles. The van der Waals surface area contributed by atoms with Crippen molar-refractivity contribution in [1.29, 1.82) is 0 Å². The van der Waals surface area contributed by atoms with Crippen LogP contribution in [0.1, 0.15) is 5.56 Å². The predicted octanol–water partition coefficient (Wildman–Crippen LogP) is 3.79. The van der Waals surface area contributed by atoms with Gasteiger partial charge in [-0.3, -0.25) is 0 Å². The third-order valence-corrected chi connectivity index (χ3v) is 4.11. The number of carboxylic acids is 1. The highest BCUT2D eigenvalue weighted by Gasteiger charge is 2.14. The molecule has 6 heteroatoms. The lowest BCUT2D eigenvalue weighted by atomic mass is 10.2. The van der Waals surface area contributed by atoms with Gasteiger partial charge in [-0.25, -0.2) is 9.78 Å². The van der Waals surface area contributed by atoms with E-state index in [1.807, 2.05) is 36.4 Å². The third-order valence-electron chi connectivity index (χ3n) is 3.21. The van der Waals surface area contributed by atoms with Crippen molar-refractivity contribution in [2.24, 2.45) is 0 Å². The number of hydrogen-bond donors (Lipinski definition) is 2. The highest BCUT2D eigenvalue weighted by Crippen LogP contribution is 2.30. The number of fused-ring (bicyclic) bond motifs is 1. The first-order chi connectivity index (χ1) is 11.2. The van der Waals surface area contributed by atoms with E-state index in [1.54, 1.807) is 25.3 Å². The average molecular weight is 326 g/mol. The summed E-state index contributed by atoms with van der Waals surface area (Å²) >= 11 is 1.08. The molecular formula is C17H14N2O3S. The van der Waals surface area contributed by atoms with Crippen molar-refractivity contribution in [2.45, 2.75) is 5.16 Å². The molecule has 0 radical (unpaired) electrons. The van der Waals surface area contributed by atoms with Crippen LogP contribution in [-0.2, 0) is 4.79 Å². The molecule has 0 aliphatic heterocycles. The smallest absolute Gasteiger partial charge is 0.342 e. The lowest BCUT2D eigenvalue weighted by molar-refractivity contribution is -0.131. The Morgan fingerprint density at radius 3 is 2.70 bits per heavy atom. The molecule has 1 heterocycles. The zero-order chi connectivity index (χ0) is 16.2. The van der Waals surface area contributed by atoms with Crippen LogP contribution in [0.5, 0.6) is 5.75 Å². The Hall–Kier alpha value is -2.73. The molecular weight excluding hydrogens is 312 g/mol. The number of H-pyrrole nitrogens is 1. The van der Waals surface area contributed by atoms with E-state index in [0.29, 0.717) is 16.5 Å². The number of rotatable bonds is 5. The summed E-state index contributed by atoms with van der Waals surface area (Å²) in [6.45, 7) is 0. The van der Waals surface area contributed by atoms with Crippen LogP contribution in [0.15, 0.2) is 58.6 Å². The van der Waals surface area contributed by atoms with Gasteiger partial charge in [-0.05, 0) is 36.0 Å². The third kappa shape index (κ3) is 3.37. The van der Waals surface area contributed by atoms with Crippen LogP contribution in [-0.4, -0.2) is 28.2 Å². The van der Waals surface area contributed by atoms with E-state index in [-0.39, 0.29) is 4.91 Å². The van der Waals surface area contributed by atoms with Gasteiger partial charge in [0.15, 0.2) is 5.16 Å². The minimum atomic E-state index is -1.01. The number of methoxy groups -OCH3 is 1. The number of nitrogens with one attached hydrogen (secondary N) is 1. The number of carbonyl (C=O) groups is 1. The lowest BCUT2D eigenvalue weighted by Crippen LogP contribution is -1.98. The van der Waals surface area contributed by atoms with Crippen LogP contribution in [0.4, 0.5) is 0 Å². The van der Waals surface area contributed by atoms with E-state index in [4.69, 9.17) is 4.74 Å². The number of imidazole rings is 1. The molecule has 5 nitrogen and oxygen atoms in total. The normalized spacial score (nSPS) is 11.6. The Balaban J connectivity index is 1.95. The molecule has 23 heavy (non-hydrogen) atoms. The van der Waals surface area contributed by atoms with Crippen LogP contribution < -0.4 is 4.74 Å². The fourth-order valence-corrected chi connectivity index (χ4v) is 2.93. The van der Waals surface area contributed by atoms with Crippen LogP contribution in [0.25, 0.3) is 17.1 Å². The molecule has 0 saturated heterocycles. The van der Waals surface area contributed by atoms with E-state index in [2.05, 4.69) is 9.97 Å². The van der Waals surface area contributed by atoms with E-state index in [9.17, 15) is 9.90 Å². The summed E-state index contributed by atoms with van der Waals surface area (Å²) < 4.78 is 5.25. The molecule has 1 aromatic heterocycles. The van der Waals surface area contributed by atoms with Crippen LogP contribution >= 0.6 is 11.8 Å². The first kappa shape index (κ1) is 15.2. The van der Waals surface area contributed by atoms with Crippen LogP contribution in [0.3, 0.4) is 0 Å². The number of thioether (sulfide) groups is 1. The number of aromatic amines is 1. The van der Waals surface area contributed by atoms with Gasteiger partial charge < -0.3 is 14.8 Å². The summed E-state index contributed by atoms with van der Waals surface area (Å²) in [5, 5.41) is 10.00. The number of aromatic nitrogens is 2. The molecule has 0 amide bonds. The number of hydrogen-bond acceptors (Lipinski definition) is 4. The first-order valence-electron chi connectivity index (χ1n) is 6.88. The molecule has 3 rings (SSSR count). The quantitative estimate of drug-likeness (QED) is 0.551. The maximum absolute atomic E-state index is 11.6. The van der Waals surface area contributed by atoms with Gasteiger partial charge in [0.05, 0.1) is 18.1 Å². The Morgan fingerprint density at radius 2 is 1.96 bits per heavy atom. The molecule has 3 aromatic rings. The fourth-order valence-electron chi connectivity index (χ4n) is 2.14. The summed E-state index contributed by atoms with van der Waals surface area (Å²) in [7, 11) is 1.56. The maximum atomic E-state index is 11.6. The molecule has 0 aliphatic rings. The second kappa shape index (κ2) is 6.58. The Morgan fingerprint density at radius 1 is 1.22 bits per heavy atom. The number of benzene rings is 2. The molecule has 116 valence electrons. The molecule has 0 bridgehead atoms. The number of nitrogens with zero attached hydrogens (tertiary/aromatic N) is 1. The van der Waals surface area contributed by atoms with Gasteiger partial charge >= 0.3 is 5.97 Å². The molecule has 0 spiro atoms. The molecule has 2 N–H and O–H groups in total. The van der Waals surface area contributed by atoms with E-state index in [1.165, 1.54) is 0 Å². The van der Waals surface area contributed by atoms with Crippen molar-refractivity contribution in [3.8, 4) is 5.75 Å². The van der Waals surface area contributed by atoms with Crippen molar-refractivity contribution >= 4 is 34.8 Å². The van der Waals surface area contributed by atoms with Crippen molar-refractivity contribution in [2.75, 3.05) is 7.11 Å². The summed E-state index contributed by atoms with van der Waals surface area (Å²) in [5.41, 5.74) is 2.38.